The highest BCUT2D eigenvalue weighted by Gasteiger charge is 1.95. The monoisotopic (exact) mass is 354 g/mol. The van der Waals surface area contributed by atoms with Gasteiger partial charge >= 0.3 is 0 Å². The molecule has 0 saturated heterocycles. The van der Waals surface area contributed by atoms with E-state index in [2.05, 4.69) is 86.1 Å². The number of aryl methyl sites for hydroxylation is 2. The SMILES string of the molecule is CCCc1ccc(C#Cc2ccc(C#Cc3ccc(CC)cc3)s2)cc1. The second kappa shape index (κ2) is 9.10. The molecule has 1 heteroatoms. The second-order valence-corrected chi connectivity index (χ2v) is 7.25. The lowest BCUT2D eigenvalue weighted by atomic mass is 10.1. The maximum Gasteiger partial charge on any atom is 0.0785 e. The Morgan fingerprint density at radius 2 is 1.12 bits per heavy atom. The van der Waals surface area contributed by atoms with Gasteiger partial charge in [-0.3, -0.25) is 0 Å². The van der Waals surface area contributed by atoms with Crippen LogP contribution in [0.25, 0.3) is 0 Å². The van der Waals surface area contributed by atoms with E-state index >= 15 is 0 Å². The van der Waals surface area contributed by atoms with E-state index in [1.807, 2.05) is 12.1 Å². The summed E-state index contributed by atoms with van der Waals surface area (Å²) in [4.78, 5) is 2.10. The van der Waals surface area contributed by atoms with Crippen molar-refractivity contribution >= 4 is 11.3 Å². The molecule has 0 aliphatic heterocycles. The zero-order valence-corrected chi connectivity index (χ0v) is 16.1. The van der Waals surface area contributed by atoms with Crippen molar-refractivity contribution in [2.24, 2.45) is 0 Å². The van der Waals surface area contributed by atoms with E-state index in [0.29, 0.717) is 0 Å². The van der Waals surface area contributed by atoms with Crippen LogP contribution in [-0.2, 0) is 12.8 Å². The van der Waals surface area contributed by atoms with E-state index in [9.17, 15) is 0 Å². The van der Waals surface area contributed by atoms with Crippen LogP contribution in [0.15, 0.2) is 60.7 Å². The zero-order chi connectivity index (χ0) is 18.2. The highest BCUT2D eigenvalue weighted by molar-refractivity contribution is 7.13. The van der Waals surface area contributed by atoms with Crippen molar-refractivity contribution in [2.75, 3.05) is 0 Å². The van der Waals surface area contributed by atoms with Crippen LogP contribution < -0.4 is 0 Å². The first-order valence-corrected chi connectivity index (χ1v) is 9.90. The Labute approximate surface area is 160 Å². The van der Waals surface area contributed by atoms with Gasteiger partial charge in [-0.25, -0.2) is 0 Å². The molecule has 3 rings (SSSR count). The third kappa shape index (κ3) is 5.13. The molecular formula is C25H22S. The molecule has 0 atom stereocenters. The van der Waals surface area contributed by atoms with Gasteiger partial charge in [0.2, 0.25) is 0 Å². The van der Waals surface area contributed by atoms with Crippen molar-refractivity contribution in [1.29, 1.82) is 0 Å². The van der Waals surface area contributed by atoms with E-state index in [4.69, 9.17) is 0 Å². The van der Waals surface area contributed by atoms with E-state index in [1.165, 1.54) is 17.5 Å². The van der Waals surface area contributed by atoms with Crippen LogP contribution >= 0.6 is 11.3 Å². The molecule has 0 amide bonds. The Morgan fingerprint density at radius 3 is 1.58 bits per heavy atom. The summed E-state index contributed by atoms with van der Waals surface area (Å²) in [6.07, 6.45) is 3.36. The lowest BCUT2D eigenvalue weighted by Crippen LogP contribution is -1.82. The molecule has 0 aliphatic carbocycles. The Morgan fingerprint density at radius 1 is 0.615 bits per heavy atom. The van der Waals surface area contributed by atoms with Gasteiger partial charge in [0.15, 0.2) is 0 Å². The van der Waals surface area contributed by atoms with Crippen molar-refractivity contribution in [1.82, 2.24) is 0 Å². The van der Waals surface area contributed by atoms with Gasteiger partial charge in [0.1, 0.15) is 0 Å². The van der Waals surface area contributed by atoms with Gasteiger partial charge in [0.05, 0.1) is 9.75 Å². The van der Waals surface area contributed by atoms with E-state index in [1.54, 1.807) is 11.3 Å². The van der Waals surface area contributed by atoms with Crippen LogP contribution in [0.5, 0.6) is 0 Å². The van der Waals surface area contributed by atoms with Crippen molar-refractivity contribution in [3.63, 3.8) is 0 Å². The van der Waals surface area contributed by atoms with Gasteiger partial charge in [0.25, 0.3) is 0 Å². The number of benzene rings is 2. The van der Waals surface area contributed by atoms with Crippen molar-refractivity contribution < 1.29 is 0 Å². The second-order valence-electron chi connectivity index (χ2n) is 6.16. The maximum atomic E-state index is 3.25. The number of thiophene rings is 1. The average Bonchev–Trinajstić information content (AvgIpc) is 3.14. The highest BCUT2D eigenvalue weighted by Crippen LogP contribution is 2.15. The first-order chi connectivity index (χ1) is 12.8. The minimum Gasteiger partial charge on any atom is -0.118 e. The summed E-state index contributed by atoms with van der Waals surface area (Å²) < 4.78 is 0. The van der Waals surface area contributed by atoms with Crippen molar-refractivity contribution in [3.8, 4) is 23.7 Å². The van der Waals surface area contributed by atoms with Crippen LogP contribution in [0.1, 0.15) is 52.3 Å². The van der Waals surface area contributed by atoms with Crippen LogP contribution in [0.4, 0.5) is 0 Å². The molecule has 1 heterocycles. The van der Waals surface area contributed by atoms with Crippen molar-refractivity contribution in [3.05, 3.63) is 92.7 Å². The summed E-state index contributed by atoms with van der Waals surface area (Å²) in [5, 5.41) is 0. The Kier molecular flexibility index (Phi) is 6.32. The third-order valence-electron chi connectivity index (χ3n) is 4.12. The number of hydrogen-bond donors (Lipinski definition) is 0. The standard InChI is InChI=1S/C25H22S/c1-3-5-21-10-12-23(13-11-21)15-17-25-19-18-24(26-25)16-14-22-8-6-20(4-2)7-9-22/h6-13,18-19H,3-5H2,1-2H3. The molecule has 0 nitrogen and oxygen atoms in total. The summed E-state index contributed by atoms with van der Waals surface area (Å²) in [5.41, 5.74) is 4.82. The summed E-state index contributed by atoms with van der Waals surface area (Å²) in [6, 6.07) is 21.1. The molecule has 0 unspecified atom stereocenters. The molecule has 0 fully saturated rings. The molecule has 128 valence electrons. The Balaban J connectivity index is 1.68. The van der Waals surface area contributed by atoms with Gasteiger partial charge in [0, 0.05) is 11.1 Å². The minimum absolute atomic E-state index is 1.05. The van der Waals surface area contributed by atoms with Gasteiger partial charge in [-0.2, -0.15) is 0 Å². The third-order valence-corrected chi connectivity index (χ3v) is 5.04. The molecule has 0 bridgehead atoms. The fourth-order valence-corrected chi connectivity index (χ4v) is 3.32. The van der Waals surface area contributed by atoms with Gasteiger partial charge in [-0.15, -0.1) is 11.3 Å². The summed E-state index contributed by atoms with van der Waals surface area (Å²) in [5.74, 6) is 13.0. The van der Waals surface area contributed by atoms with Gasteiger partial charge < -0.3 is 0 Å². The first-order valence-electron chi connectivity index (χ1n) is 9.08. The fourth-order valence-electron chi connectivity index (χ4n) is 2.61. The lowest BCUT2D eigenvalue weighted by Gasteiger charge is -1.97. The predicted octanol–water partition coefficient (Wildman–Crippen LogP) is 6.06. The van der Waals surface area contributed by atoms with E-state index in [0.717, 1.165) is 33.7 Å². The highest BCUT2D eigenvalue weighted by atomic mass is 32.1. The Hall–Kier alpha value is -2.74. The van der Waals surface area contributed by atoms with Gasteiger partial charge in [-0.05, 0) is 60.4 Å². The molecule has 0 spiro atoms. The molecule has 2 aromatic carbocycles. The normalized spacial score (nSPS) is 9.77. The van der Waals surface area contributed by atoms with Crippen LogP contribution in [0, 0.1) is 23.7 Å². The summed E-state index contributed by atoms with van der Waals surface area (Å²) in [6.45, 7) is 4.36. The predicted molar refractivity (Wildman–Crippen MR) is 113 cm³/mol. The van der Waals surface area contributed by atoms with Crippen LogP contribution in [0.2, 0.25) is 0 Å². The van der Waals surface area contributed by atoms with E-state index < -0.39 is 0 Å². The average molecular weight is 355 g/mol. The van der Waals surface area contributed by atoms with Crippen LogP contribution in [0.3, 0.4) is 0 Å². The Bertz CT molecular complexity index is 965. The maximum absolute atomic E-state index is 3.25. The van der Waals surface area contributed by atoms with Crippen molar-refractivity contribution in [2.45, 2.75) is 33.1 Å². The molecular weight excluding hydrogens is 332 g/mol. The molecule has 26 heavy (non-hydrogen) atoms. The molecule has 0 radical (unpaired) electrons. The molecule has 1 aromatic heterocycles. The summed E-state index contributed by atoms with van der Waals surface area (Å²) >= 11 is 1.64. The molecule has 0 N–H and O–H groups in total. The lowest BCUT2D eigenvalue weighted by molar-refractivity contribution is 0.922. The number of rotatable bonds is 3. The molecule has 3 aromatic rings. The van der Waals surface area contributed by atoms with Gasteiger partial charge in [-0.1, -0.05) is 68.2 Å². The first kappa shape index (κ1) is 18.1. The largest absolute Gasteiger partial charge is 0.118 e. The van der Waals surface area contributed by atoms with Crippen LogP contribution in [-0.4, -0.2) is 0 Å². The van der Waals surface area contributed by atoms with E-state index in [-0.39, 0.29) is 0 Å². The molecule has 0 saturated carbocycles. The topological polar surface area (TPSA) is 0 Å². The minimum atomic E-state index is 1.05. The smallest absolute Gasteiger partial charge is 0.0785 e. The fraction of sp³-hybridized carbons (Fsp3) is 0.200. The number of hydrogen-bond acceptors (Lipinski definition) is 1. The quantitative estimate of drug-likeness (QED) is 0.501. The zero-order valence-electron chi connectivity index (χ0n) is 15.3. The summed E-state index contributed by atoms with van der Waals surface area (Å²) in [7, 11) is 0. The molecule has 0 aliphatic rings.